The molecule has 0 radical (unpaired) electrons. The van der Waals surface area contributed by atoms with Gasteiger partial charge in [-0.3, -0.25) is 4.79 Å². The van der Waals surface area contributed by atoms with Gasteiger partial charge < -0.3 is 15.4 Å². The van der Waals surface area contributed by atoms with Gasteiger partial charge in [-0.15, -0.1) is 0 Å². The molecule has 88 valence electrons. The minimum Gasteiger partial charge on any atom is -0.394 e. The summed E-state index contributed by atoms with van der Waals surface area (Å²) in [6.45, 7) is -0.125. The van der Waals surface area contributed by atoms with E-state index in [4.69, 9.17) is 0 Å². The van der Waals surface area contributed by atoms with E-state index in [1.165, 1.54) is 0 Å². The van der Waals surface area contributed by atoms with Gasteiger partial charge in [0.1, 0.15) is 0 Å². The minimum atomic E-state index is -0.376. The van der Waals surface area contributed by atoms with Crippen molar-refractivity contribution in [3.05, 3.63) is 59.9 Å². The first-order chi connectivity index (χ1) is 8.31. The average Bonchev–Trinajstić information content (AvgIpc) is 2.90. The Kier molecular flexibility index (Phi) is 3.57. The molecule has 1 atom stereocenters. The molecule has 1 aromatic carbocycles. The fourth-order valence-corrected chi connectivity index (χ4v) is 1.63. The Morgan fingerprint density at radius 3 is 2.65 bits per heavy atom. The molecule has 0 aliphatic carbocycles. The maximum Gasteiger partial charge on any atom is 0.253 e. The first kappa shape index (κ1) is 11.4. The van der Waals surface area contributed by atoms with E-state index in [0.717, 1.165) is 5.56 Å². The van der Waals surface area contributed by atoms with E-state index in [9.17, 15) is 9.90 Å². The zero-order valence-electron chi connectivity index (χ0n) is 9.26. The molecule has 1 amide bonds. The van der Waals surface area contributed by atoms with Gasteiger partial charge in [0, 0.05) is 12.4 Å². The highest BCUT2D eigenvalue weighted by molar-refractivity contribution is 5.94. The summed E-state index contributed by atoms with van der Waals surface area (Å²) in [5, 5.41) is 12.1. The predicted octanol–water partition coefficient (Wildman–Crippen LogP) is 1.48. The first-order valence-electron chi connectivity index (χ1n) is 5.40. The van der Waals surface area contributed by atoms with Crippen LogP contribution in [0.1, 0.15) is 22.0 Å². The van der Waals surface area contributed by atoms with Crippen LogP contribution in [0.4, 0.5) is 0 Å². The molecule has 2 rings (SSSR count). The summed E-state index contributed by atoms with van der Waals surface area (Å²) in [4.78, 5) is 14.6. The number of aliphatic hydroxyl groups excluding tert-OH is 1. The zero-order chi connectivity index (χ0) is 12.1. The summed E-state index contributed by atoms with van der Waals surface area (Å²) < 4.78 is 0. The molecule has 3 N–H and O–H groups in total. The van der Waals surface area contributed by atoms with Crippen molar-refractivity contribution in [2.75, 3.05) is 6.61 Å². The van der Waals surface area contributed by atoms with E-state index < -0.39 is 0 Å². The number of nitrogens with one attached hydrogen (secondary N) is 2. The molecule has 2 aromatic rings. The van der Waals surface area contributed by atoms with Gasteiger partial charge >= 0.3 is 0 Å². The van der Waals surface area contributed by atoms with Crippen molar-refractivity contribution in [2.45, 2.75) is 6.04 Å². The lowest BCUT2D eigenvalue weighted by Crippen LogP contribution is -2.30. The highest BCUT2D eigenvalue weighted by Crippen LogP contribution is 2.12. The van der Waals surface area contributed by atoms with Gasteiger partial charge in [0.2, 0.25) is 0 Å². The molecule has 4 nitrogen and oxygen atoms in total. The Morgan fingerprint density at radius 2 is 2.06 bits per heavy atom. The van der Waals surface area contributed by atoms with Crippen LogP contribution in [-0.4, -0.2) is 22.6 Å². The molecular formula is C13H14N2O2. The Labute approximate surface area is 99.3 Å². The van der Waals surface area contributed by atoms with Gasteiger partial charge in [-0.05, 0) is 11.6 Å². The van der Waals surface area contributed by atoms with E-state index >= 15 is 0 Å². The third-order valence-electron chi connectivity index (χ3n) is 2.55. The lowest BCUT2D eigenvalue weighted by atomic mass is 10.1. The number of aliphatic hydroxyl groups is 1. The number of benzene rings is 1. The van der Waals surface area contributed by atoms with Crippen LogP contribution < -0.4 is 5.32 Å². The van der Waals surface area contributed by atoms with Crippen molar-refractivity contribution in [3.8, 4) is 0 Å². The molecule has 1 heterocycles. The molecule has 0 saturated carbocycles. The number of hydrogen-bond donors (Lipinski definition) is 3. The van der Waals surface area contributed by atoms with Crippen molar-refractivity contribution in [3.63, 3.8) is 0 Å². The van der Waals surface area contributed by atoms with Crippen LogP contribution in [0.5, 0.6) is 0 Å². The molecule has 0 aliphatic rings. The number of carbonyl (C=O) groups is 1. The van der Waals surface area contributed by atoms with Crippen LogP contribution >= 0.6 is 0 Å². The van der Waals surface area contributed by atoms with Gasteiger partial charge in [-0.25, -0.2) is 0 Å². The third-order valence-corrected chi connectivity index (χ3v) is 2.55. The Hall–Kier alpha value is -2.07. The molecule has 0 spiro atoms. The lowest BCUT2D eigenvalue weighted by molar-refractivity contribution is 0.0916. The monoisotopic (exact) mass is 230 g/mol. The van der Waals surface area contributed by atoms with Crippen LogP contribution in [0.25, 0.3) is 0 Å². The number of amides is 1. The van der Waals surface area contributed by atoms with Crippen molar-refractivity contribution in [1.82, 2.24) is 10.3 Å². The fraction of sp³-hybridized carbons (Fsp3) is 0.154. The molecule has 0 aliphatic heterocycles. The third kappa shape index (κ3) is 2.73. The maximum absolute atomic E-state index is 11.8. The van der Waals surface area contributed by atoms with E-state index in [2.05, 4.69) is 10.3 Å². The van der Waals surface area contributed by atoms with Crippen molar-refractivity contribution in [1.29, 1.82) is 0 Å². The summed E-state index contributed by atoms with van der Waals surface area (Å²) in [7, 11) is 0. The first-order valence-corrected chi connectivity index (χ1v) is 5.40. The predicted molar refractivity (Wildman–Crippen MR) is 64.5 cm³/mol. The average molecular weight is 230 g/mol. The van der Waals surface area contributed by atoms with Gasteiger partial charge in [-0.1, -0.05) is 30.3 Å². The Bertz CT molecular complexity index is 465. The van der Waals surface area contributed by atoms with Gasteiger partial charge in [0.05, 0.1) is 18.2 Å². The van der Waals surface area contributed by atoms with Crippen LogP contribution in [0.3, 0.4) is 0 Å². The summed E-state index contributed by atoms with van der Waals surface area (Å²) in [5.41, 5.74) is 1.44. The van der Waals surface area contributed by atoms with Gasteiger partial charge in [0.15, 0.2) is 0 Å². The van der Waals surface area contributed by atoms with E-state index in [-0.39, 0.29) is 18.6 Å². The number of aromatic amines is 1. The Morgan fingerprint density at radius 1 is 1.29 bits per heavy atom. The second-order valence-corrected chi connectivity index (χ2v) is 3.72. The second-order valence-electron chi connectivity index (χ2n) is 3.72. The van der Waals surface area contributed by atoms with Crippen LogP contribution in [0.15, 0.2) is 48.8 Å². The quantitative estimate of drug-likeness (QED) is 0.744. The summed E-state index contributed by atoms with van der Waals surface area (Å²) in [6, 6.07) is 10.7. The number of H-pyrrole nitrogens is 1. The second kappa shape index (κ2) is 5.32. The zero-order valence-corrected chi connectivity index (χ0v) is 9.26. The van der Waals surface area contributed by atoms with Crippen LogP contribution in [0, 0.1) is 0 Å². The number of hydrogen-bond acceptors (Lipinski definition) is 2. The molecule has 17 heavy (non-hydrogen) atoms. The van der Waals surface area contributed by atoms with Gasteiger partial charge in [-0.2, -0.15) is 0 Å². The largest absolute Gasteiger partial charge is 0.394 e. The summed E-state index contributed by atoms with van der Waals surface area (Å²) in [5.74, 6) is -0.200. The minimum absolute atomic E-state index is 0.125. The lowest BCUT2D eigenvalue weighted by Gasteiger charge is -2.16. The molecule has 0 unspecified atom stereocenters. The fourth-order valence-electron chi connectivity index (χ4n) is 1.63. The van der Waals surface area contributed by atoms with Crippen LogP contribution in [-0.2, 0) is 0 Å². The van der Waals surface area contributed by atoms with E-state index in [1.54, 1.807) is 18.5 Å². The van der Waals surface area contributed by atoms with Crippen molar-refractivity contribution in [2.24, 2.45) is 0 Å². The molecule has 0 fully saturated rings. The summed E-state index contributed by atoms with van der Waals surface area (Å²) in [6.07, 6.45) is 3.31. The smallest absolute Gasteiger partial charge is 0.253 e. The van der Waals surface area contributed by atoms with Crippen molar-refractivity contribution < 1.29 is 9.90 Å². The highest BCUT2D eigenvalue weighted by atomic mass is 16.3. The topological polar surface area (TPSA) is 65.1 Å². The number of aromatic nitrogens is 1. The molecule has 4 heteroatoms. The normalized spacial score (nSPS) is 12.1. The van der Waals surface area contributed by atoms with Gasteiger partial charge in [0.25, 0.3) is 5.91 Å². The van der Waals surface area contributed by atoms with Crippen LogP contribution in [0.2, 0.25) is 0 Å². The molecule has 0 bridgehead atoms. The van der Waals surface area contributed by atoms with E-state index in [1.807, 2.05) is 30.3 Å². The standard InChI is InChI=1S/C13H14N2O2/c16-9-12(10-4-2-1-3-5-10)15-13(17)11-6-7-14-8-11/h1-8,12,14,16H,9H2,(H,15,17)/t12-/m1/s1. The number of rotatable bonds is 4. The van der Waals surface area contributed by atoms with Crippen molar-refractivity contribution >= 4 is 5.91 Å². The maximum atomic E-state index is 11.8. The SMILES string of the molecule is O=C(N[C@H](CO)c1ccccc1)c1cc[nH]c1. The number of carbonyl (C=O) groups excluding carboxylic acids is 1. The van der Waals surface area contributed by atoms with E-state index in [0.29, 0.717) is 5.56 Å². The summed E-state index contributed by atoms with van der Waals surface area (Å²) >= 11 is 0. The Balaban J connectivity index is 2.09. The molecule has 1 aromatic heterocycles. The molecular weight excluding hydrogens is 216 g/mol. The molecule has 0 saturated heterocycles. The highest BCUT2D eigenvalue weighted by Gasteiger charge is 2.14.